The Morgan fingerprint density at radius 3 is 3.08 bits per heavy atom. The summed E-state index contributed by atoms with van der Waals surface area (Å²) < 4.78 is 0. The normalized spacial score (nSPS) is 12.0. The van der Waals surface area contributed by atoms with E-state index in [1.807, 2.05) is 25.1 Å². The SMILES string of the molecule is C#CC(C)NCCc1ccccn1. The van der Waals surface area contributed by atoms with Crippen LogP contribution in [0.15, 0.2) is 24.4 Å². The van der Waals surface area contributed by atoms with Gasteiger partial charge in [-0.15, -0.1) is 6.42 Å². The molecule has 0 fully saturated rings. The van der Waals surface area contributed by atoms with Crippen molar-refractivity contribution in [1.82, 2.24) is 10.3 Å². The van der Waals surface area contributed by atoms with Gasteiger partial charge in [-0.25, -0.2) is 0 Å². The van der Waals surface area contributed by atoms with Crippen LogP contribution in [-0.4, -0.2) is 17.6 Å². The summed E-state index contributed by atoms with van der Waals surface area (Å²) in [5.41, 5.74) is 1.10. The van der Waals surface area contributed by atoms with E-state index in [9.17, 15) is 0 Å². The molecule has 1 aromatic rings. The highest BCUT2D eigenvalue weighted by Gasteiger charge is 1.95. The second kappa shape index (κ2) is 5.34. The van der Waals surface area contributed by atoms with Gasteiger partial charge in [0.15, 0.2) is 0 Å². The fourth-order valence-corrected chi connectivity index (χ4v) is 1.02. The number of hydrogen-bond donors (Lipinski definition) is 1. The molecular weight excluding hydrogens is 160 g/mol. The number of nitrogens with zero attached hydrogens (tertiary/aromatic N) is 1. The summed E-state index contributed by atoms with van der Waals surface area (Å²) in [5.74, 6) is 2.62. The van der Waals surface area contributed by atoms with Gasteiger partial charge in [0.05, 0.1) is 6.04 Å². The van der Waals surface area contributed by atoms with Crippen molar-refractivity contribution in [3.8, 4) is 12.3 Å². The van der Waals surface area contributed by atoms with Gasteiger partial charge in [-0.1, -0.05) is 12.0 Å². The molecule has 0 aromatic carbocycles. The Morgan fingerprint density at radius 2 is 2.46 bits per heavy atom. The van der Waals surface area contributed by atoms with Crippen molar-refractivity contribution >= 4 is 0 Å². The van der Waals surface area contributed by atoms with E-state index in [4.69, 9.17) is 6.42 Å². The lowest BCUT2D eigenvalue weighted by Crippen LogP contribution is -2.26. The zero-order chi connectivity index (χ0) is 9.52. The van der Waals surface area contributed by atoms with Gasteiger partial charge >= 0.3 is 0 Å². The molecular formula is C11H14N2. The van der Waals surface area contributed by atoms with E-state index in [-0.39, 0.29) is 6.04 Å². The van der Waals surface area contributed by atoms with E-state index in [0.29, 0.717) is 0 Å². The van der Waals surface area contributed by atoms with Crippen LogP contribution in [-0.2, 0) is 6.42 Å². The molecule has 1 heterocycles. The fourth-order valence-electron chi connectivity index (χ4n) is 1.02. The Kier molecular flexibility index (Phi) is 4.01. The lowest BCUT2D eigenvalue weighted by atomic mass is 10.2. The van der Waals surface area contributed by atoms with Crippen molar-refractivity contribution in [3.05, 3.63) is 30.1 Å². The molecule has 1 N–H and O–H groups in total. The minimum Gasteiger partial charge on any atom is -0.304 e. The second-order valence-electron chi connectivity index (χ2n) is 2.91. The maximum Gasteiger partial charge on any atom is 0.0658 e. The highest BCUT2D eigenvalue weighted by molar-refractivity contribution is 5.04. The molecule has 1 aromatic heterocycles. The Balaban J connectivity index is 2.25. The van der Waals surface area contributed by atoms with Crippen molar-refractivity contribution < 1.29 is 0 Å². The van der Waals surface area contributed by atoms with Crippen molar-refractivity contribution in [2.45, 2.75) is 19.4 Å². The lowest BCUT2D eigenvalue weighted by molar-refractivity contribution is 0.641. The van der Waals surface area contributed by atoms with E-state index in [1.54, 1.807) is 6.20 Å². The number of hydrogen-bond acceptors (Lipinski definition) is 2. The molecule has 68 valence electrons. The fraction of sp³-hybridized carbons (Fsp3) is 0.364. The number of terminal acetylenes is 1. The summed E-state index contributed by atoms with van der Waals surface area (Å²) in [7, 11) is 0. The third-order valence-electron chi connectivity index (χ3n) is 1.81. The lowest BCUT2D eigenvalue weighted by Gasteiger charge is -2.06. The van der Waals surface area contributed by atoms with Crippen LogP contribution >= 0.6 is 0 Å². The van der Waals surface area contributed by atoms with Crippen molar-refractivity contribution in [3.63, 3.8) is 0 Å². The zero-order valence-corrected chi connectivity index (χ0v) is 7.83. The van der Waals surface area contributed by atoms with E-state index >= 15 is 0 Å². The third kappa shape index (κ3) is 3.73. The molecule has 0 aliphatic carbocycles. The van der Waals surface area contributed by atoms with Gasteiger partial charge in [-0.05, 0) is 19.1 Å². The zero-order valence-electron chi connectivity index (χ0n) is 7.83. The summed E-state index contributed by atoms with van der Waals surface area (Å²) in [6, 6.07) is 6.07. The van der Waals surface area contributed by atoms with Gasteiger partial charge in [-0.2, -0.15) is 0 Å². The Bertz CT molecular complexity index is 274. The molecule has 0 aliphatic rings. The first-order valence-electron chi connectivity index (χ1n) is 4.42. The van der Waals surface area contributed by atoms with Gasteiger partial charge in [0.25, 0.3) is 0 Å². The largest absolute Gasteiger partial charge is 0.304 e. The second-order valence-corrected chi connectivity index (χ2v) is 2.91. The quantitative estimate of drug-likeness (QED) is 0.695. The molecule has 0 amide bonds. The monoisotopic (exact) mass is 174 g/mol. The topological polar surface area (TPSA) is 24.9 Å². The van der Waals surface area contributed by atoms with Gasteiger partial charge < -0.3 is 5.32 Å². The molecule has 2 nitrogen and oxygen atoms in total. The summed E-state index contributed by atoms with van der Waals surface area (Å²) in [4.78, 5) is 4.21. The predicted octanol–water partition coefficient (Wildman–Crippen LogP) is 1.24. The molecule has 0 saturated carbocycles. The van der Waals surface area contributed by atoms with E-state index in [0.717, 1.165) is 18.7 Å². The van der Waals surface area contributed by atoms with Crippen LogP contribution in [0.25, 0.3) is 0 Å². The summed E-state index contributed by atoms with van der Waals surface area (Å²) in [6.45, 7) is 2.85. The molecule has 0 radical (unpaired) electrons. The van der Waals surface area contributed by atoms with Gasteiger partial charge in [0.1, 0.15) is 0 Å². The summed E-state index contributed by atoms with van der Waals surface area (Å²) >= 11 is 0. The van der Waals surface area contributed by atoms with Crippen molar-refractivity contribution in [2.24, 2.45) is 0 Å². The number of pyridine rings is 1. The molecule has 1 unspecified atom stereocenters. The van der Waals surface area contributed by atoms with Crippen LogP contribution in [0.4, 0.5) is 0 Å². The van der Waals surface area contributed by atoms with Crippen LogP contribution in [0.1, 0.15) is 12.6 Å². The number of aromatic nitrogens is 1. The van der Waals surface area contributed by atoms with Crippen LogP contribution in [0.3, 0.4) is 0 Å². The van der Waals surface area contributed by atoms with Crippen molar-refractivity contribution in [1.29, 1.82) is 0 Å². The maximum absolute atomic E-state index is 5.22. The Morgan fingerprint density at radius 1 is 1.62 bits per heavy atom. The minimum atomic E-state index is 0.142. The van der Waals surface area contributed by atoms with E-state index in [2.05, 4.69) is 16.2 Å². The molecule has 1 rings (SSSR count). The van der Waals surface area contributed by atoms with E-state index < -0.39 is 0 Å². The van der Waals surface area contributed by atoms with Gasteiger partial charge in [-0.3, -0.25) is 4.98 Å². The maximum atomic E-state index is 5.22. The Labute approximate surface area is 79.4 Å². The smallest absolute Gasteiger partial charge is 0.0658 e. The molecule has 0 aliphatic heterocycles. The van der Waals surface area contributed by atoms with Crippen LogP contribution < -0.4 is 5.32 Å². The standard InChI is InChI=1S/C11H14N2/c1-3-10(2)12-9-7-11-6-4-5-8-13-11/h1,4-6,8,10,12H,7,9H2,2H3. The average Bonchev–Trinajstić information content (AvgIpc) is 2.19. The summed E-state index contributed by atoms with van der Waals surface area (Å²) in [5, 5.41) is 3.20. The first-order chi connectivity index (χ1) is 6.33. The minimum absolute atomic E-state index is 0.142. The molecule has 0 saturated heterocycles. The number of rotatable bonds is 4. The highest BCUT2D eigenvalue weighted by atomic mass is 14.9. The average molecular weight is 174 g/mol. The van der Waals surface area contributed by atoms with Crippen LogP contribution in [0.2, 0.25) is 0 Å². The van der Waals surface area contributed by atoms with Gasteiger partial charge in [0, 0.05) is 24.9 Å². The molecule has 0 bridgehead atoms. The molecule has 0 spiro atoms. The van der Waals surface area contributed by atoms with E-state index in [1.165, 1.54) is 0 Å². The molecule has 2 heteroatoms. The third-order valence-corrected chi connectivity index (χ3v) is 1.81. The van der Waals surface area contributed by atoms with Crippen LogP contribution in [0.5, 0.6) is 0 Å². The van der Waals surface area contributed by atoms with Crippen LogP contribution in [0, 0.1) is 12.3 Å². The molecule has 13 heavy (non-hydrogen) atoms. The highest BCUT2D eigenvalue weighted by Crippen LogP contribution is 1.93. The number of nitrogens with one attached hydrogen (secondary N) is 1. The molecule has 1 atom stereocenters. The first kappa shape index (κ1) is 9.76. The summed E-state index contributed by atoms with van der Waals surface area (Å²) in [6.07, 6.45) is 7.95. The first-order valence-corrected chi connectivity index (χ1v) is 4.42. The van der Waals surface area contributed by atoms with Gasteiger partial charge in [0.2, 0.25) is 0 Å². The predicted molar refractivity (Wildman–Crippen MR) is 54.2 cm³/mol. The van der Waals surface area contributed by atoms with Crippen molar-refractivity contribution in [2.75, 3.05) is 6.54 Å². The Hall–Kier alpha value is -1.33.